The largest absolute Gasteiger partial charge is 0.444 e. The third kappa shape index (κ3) is 6.46. The lowest BCUT2D eigenvalue weighted by atomic mass is 9.86. The van der Waals surface area contributed by atoms with Crippen LogP contribution in [0, 0.1) is 17.2 Å². The van der Waals surface area contributed by atoms with Crippen molar-refractivity contribution in [3.63, 3.8) is 0 Å². The van der Waals surface area contributed by atoms with Crippen molar-refractivity contribution in [1.82, 2.24) is 10.2 Å². The zero-order valence-electron chi connectivity index (χ0n) is 17.7. The number of halogens is 1. The van der Waals surface area contributed by atoms with Crippen molar-refractivity contribution in [3.05, 3.63) is 34.3 Å². The van der Waals surface area contributed by atoms with E-state index in [1.807, 2.05) is 58.9 Å². The number of carbonyl (C=O) groups is 2. The first-order valence-electron chi connectivity index (χ1n) is 9.97. The van der Waals surface area contributed by atoms with Crippen LogP contribution in [0.2, 0.25) is 0 Å². The summed E-state index contributed by atoms with van der Waals surface area (Å²) in [5.74, 6) is -0.329. The molecule has 1 N–H and O–H groups in total. The molecule has 0 aromatic heterocycles. The van der Waals surface area contributed by atoms with Gasteiger partial charge in [-0.1, -0.05) is 35.0 Å². The quantitative estimate of drug-likeness (QED) is 0.715. The molecule has 1 saturated heterocycles. The molecule has 1 fully saturated rings. The summed E-state index contributed by atoms with van der Waals surface area (Å²) >= 11 is 3.39. The van der Waals surface area contributed by atoms with Crippen LogP contribution in [-0.4, -0.2) is 40.6 Å². The number of piperidine rings is 1. The van der Waals surface area contributed by atoms with E-state index in [-0.39, 0.29) is 17.9 Å². The normalized spacial score (nSPS) is 23.1. The molecule has 1 heterocycles. The zero-order chi connectivity index (χ0) is 21.8. The average molecular weight is 464 g/mol. The number of nitrogens with zero attached hydrogens (tertiary/aromatic N) is 2. The fourth-order valence-corrected chi connectivity index (χ4v) is 3.85. The maximum absolute atomic E-state index is 13.1. The summed E-state index contributed by atoms with van der Waals surface area (Å²) in [4.78, 5) is 27.5. The number of likely N-dealkylation sites (tertiary alicyclic amines) is 1. The van der Waals surface area contributed by atoms with Gasteiger partial charge >= 0.3 is 6.09 Å². The maximum atomic E-state index is 13.1. The number of benzene rings is 1. The zero-order valence-corrected chi connectivity index (χ0v) is 19.3. The lowest BCUT2D eigenvalue weighted by molar-refractivity contribution is -0.131. The maximum Gasteiger partial charge on any atom is 0.411 e. The molecule has 0 saturated carbocycles. The molecule has 0 bridgehead atoms. The van der Waals surface area contributed by atoms with E-state index in [1.165, 1.54) is 0 Å². The molecule has 1 aliphatic rings. The summed E-state index contributed by atoms with van der Waals surface area (Å²) in [6.07, 6.45) is 1.56. The van der Waals surface area contributed by atoms with Crippen molar-refractivity contribution in [3.8, 4) is 6.07 Å². The highest BCUT2D eigenvalue weighted by Crippen LogP contribution is 2.30. The minimum atomic E-state index is -0.673. The van der Waals surface area contributed by atoms with Gasteiger partial charge in [0.1, 0.15) is 17.7 Å². The summed E-state index contributed by atoms with van der Waals surface area (Å²) in [5.41, 5.74) is 0.309. The number of ether oxygens (including phenoxy) is 1. The summed E-state index contributed by atoms with van der Waals surface area (Å²) in [6, 6.07) is 8.37. The van der Waals surface area contributed by atoms with E-state index in [4.69, 9.17) is 4.74 Å². The van der Waals surface area contributed by atoms with E-state index < -0.39 is 23.8 Å². The smallest absolute Gasteiger partial charge is 0.411 e. The van der Waals surface area contributed by atoms with Gasteiger partial charge in [-0.25, -0.2) is 4.79 Å². The molecule has 4 atom stereocenters. The molecule has 7 heteroatoms. The lowest BCUT2D eigenvalue weighted by Crippen LogP contribution is -2.60. The van der Waals surface area contributed by atoms with Gasteiger partial charge in [0.2, 0.25) is 5.91 Å². The number of hydrogen-bond donors (Lipinski definition) is 1. The predicted molar refractivity (Wildman–Crippen MR) is 115 cm³/mol. The highest BCUT2D eigenvalue weighted by atomic mass is 79.9. The van der Waals surface area contributed by atoms with Crippen LogP contribution in [0.25, 0.3) is 0 Å². The third-order valence-electron chi connectivity index (χ3n) is 5.05. The van der Waals surface area contributed by atoms with Gasteiger partial charge in [0.15, 0.2) is 0 Å². The van der Waals surface area contributed by atoms with Crippen LogP contribution in [-0.2, 0) is 16.0 Å². The van der Waals surface area contributed by atoms with Crippen LogP contribution >= 0.6 is 15.9 Å². The monoisotopic (exact) mass is 463 g/mol. The van der Waals surface area contributed by atoms with Crippen LogP contribution in [0.15, 0.2) is 28.7 Å². The van der Waals surface area contributed by atoms with Crippen molar-refractivity contribution < 1.29 is 14.3 Å². The Balaban J connectivity index is 2.16. The molecule has 2 amide bonds. The number of rotatable bonds is 4. The molecule has 0 unspecified atom stereocenters. The van der Waals surface area contributed by atoms with E-state index in [9.17, 15) is 14.9 Å². The van der Waals surface area contributed by atoms with Gasteiger partial charge in [0, 0.05) is 16.9 Å². The third-order valence-corrected chi connectivity index (χ3v) is 5.58. The van der Waals surface area contributed by atoms with Crippen LogP contribution in [0.3, 0.4) is 0 Å². The Kier molecular flexibility index (Phi) is 7.70. The van der Waals surface area contributed by atoms with Gasteiger partial charge in [-0.15, -0.1) is 0 Å². The fraction of sp³-hybridized carbons (Fsp3) is 0.591. The Morgan fingerprint density at radius 3 is 2.45 bits per heavy atom. The van der Waals surface area contributed by atoms with Gasteiger partial charge in [0.05, 0.1) is 6.07 Å². The number of nitriles is 1. The first-order chi connectivity index (χ1) is 13.5. The Hall–Kier alpha value is -2.07. The summed E-state index contributed by atoms with van der Waals surface area (Å²) in [7, 11) is 0. The minimum absolute atomic E-state index is 0.0225. The lowest BCUT2D eigenvalue weighted by Gasteiger charge is -2.43. The first kappa shape index (κ1) is 23.2. The van der Waals surface area contributed by atoms with Crippen LogP contribution < -0.4 is 5.32 Å². The summed E-state index contributed by atoms with van der Waals surface area (Å²) in [6.45, 7) is 9.31. The molecule has 1 aromatic rings. The Bertz CT molecular complexity index is 767. The van der Waals surface area contributed by atoms with Crippen molar-refractivity contribution in [2.45, 2.75) is 77.6 Å². The van der Waals surface area contributed by atoms with Crippen LogP contribution in [0.4, 0.5) is 4.79 Å². The van der Waals surface area contributed by atoms with Gasteiger partial charge < -0.3 is 10.1 Å². The molecule has 0 aliphatic carbocycles. The second-order valence-corrected chi connectivity index (χ2v) is 9.67. The van der Waals surface area contributed by atoms with E-state index in [1.54, 1.807) is 4.90 Å². The predicted octanol–water partition coefficient (Wildman–Crippen LogP) is 4.42. The molecular formula is C22H30BrN3O3. The highest BCUT2D eigenvalue weighted by molar-refractivity contribution is 9.10. The van der Waals surface area contributed by atoms with Crippen molar-refractivity contribution in [2.24, 2.45) is 5.92 Å². The van der Waals surface area contributed by atoms with Crippen molar-refractivity contribution in [2.75, 3.05) is 0 Å². The van der Waals surface area contributed by atoms with Gasteiger partial charge in [-0.05, 0) is 64.2 Å². The number of nitrogens with one attached hydrogen (secondary N) is 1. The highest BCUT2D eigenvalue weighted by Gasteiger charge is 2.42. The summed E-state index contributed by atoms with van der Waals surface area (Å²) < 4.78 is 6.51. The second-order valence-electron chi connectivity index (χ2n) is 8.76. The molecule has 29 heavy (non-hydrogen) atoms. The van der Waals surface area contributed by atoms with E-state index in [0.717, 1.165) is 22.9 Å². The van der Waals surface area contributed by atoms with Gasteiger partial charge in [-0.2, -0.15) is 5.26 Å². The van der Waals surface area contributed by atoms with Crippen molar-refractivity contribution >= 4 is 27.9 Å². The molecule has 6 nitrogen and oxygen atoms in total. The van der Waals surface area contributed by atoms with E-state index in [2.05, 4.69) is 27.3 Å². The average Bonchev–Trinajstić information content (AvgIpc) is 2.62. The SMILES string of the molecule is C[C@@H]1CC[C@H](C)N(C(=O)OC(C)(C)C)[C@@H]1C(=O)N[C@H](C#N)Cc1ccc(Br)cc1. The molecule has 0 radical (unpaired) electrons. The van der Waals surface area contributed by atoms with E-state index in [0.29, 0.717) is 6.42 Å². The fourth-order valence-electron chi connectivity index (χ4n) is 3.58. The Morgan fingerprint density at radius 1 is 1.28 bits per heavy atom. The molecule has 2 rings (SSSR count). The molecule has 1 aliphatic heterocycles. The summed E-state index contributed by atoms with van der Waals surface area (Å²) in [5, 5.41) is 12.4. The Morgan fingerprint density at radius 2 is 1.90 bits per heavy atom. The minimum Gasteiger partial charge on any atom is -0.444 e. The van der Waals surface area contributed by atoms with Crippen LogP contribution in [0.1, 0.15) is 53.0 Å². The second kappa shape index (κ2) is 9.62. The van der Waals surface area contributed by atoms with Crippen LogP contribution in [0.5, 0.6) is 0 Å². The first-order valence-corrected chi connectivity index (χ1v) is 10.8. The molecule has 0 spiro atoms. The number of hydrogen-bond acceptors (Lipinski definition) is 4. The topological polar surface area (TPSA) is 82.4 Å². The van der Waals surface area contributed by atoms with Crippen molar-refractivity contribution in [1.29, 1.82) is 5.26 Å². The Labute approximate surface area is 181 Å². The molecule has 158 valence electrons. The number of amides is 2. The van der Waals surface area contributed by atoms with Gasteiger partial charge in [0.25, 0.3) is 0 Å². The molecule has 1 aromatic carbocycles. The number of carbonyl (C=O) groups excluding carboxylic acids is 2. The molecular weight excluding hydrogens is 434 g/mol. The standard InChI is InChI=1S/C22H30BrN3O3/c1-14-6-7-15(2)26(21(28)29-22(3,4)5)19(14)20(27)25-18(13-24)12-16-8-10-17(23)11-9-16/h8-11,14-15,18-19H,6-7,12H2,1-5H3,(H,25,27)/t14-,15+,18+,19+/m1/s1. The van der Waals surface area contributed by atoms with E-state index >= 15 is 0 Å². The van der Waals surface area contributed by atoms with Gasteiger partial charge in [-0.3, -0.25) is 9.69 Å².